The predicted octanol–water partition coefficient (Wildman–Crippen LogP) is 5.21. The zero-order valence-electron chi connectivity index (χ0n) is 14.7. The van der Waals surface area contributed by atoms with Crippen LogP contribution < -0.4 is 0 Å². The van der Waals surface area contributed by atoms with E-state index in [-0.39, 0.29) is 5.89 Å². The molecule has 0 saturated carbocycles. The lowest BCUT2D eigenvalue weighted by atomic mass is 10.1. The van der Waals surface area contributed by atoms with Crippen LogP contribution in [0.5, 0.6) is 0 Å². The molecule has 0 bridgehead atoms. The van der Waals surface area contributed by atoms with Gasteiger partial charge in [0.05, 0.1) is 4.47 Å². The summed E-state index contributed by atoms with van der Waals surface area (Å²) in [5, 5.41) is 8.97. The van der Waals surface area contributed by atoms with E-state index in [0.717, 1.165) is 22.0 Å². The third-order valence-corrected chi connectivity index (χ3v) is 5.04. The highest BCUT2D eigenvalue weighted by molar-refractivity contribution is 9.10. The van der Waals surface area contributed by atoms with Gasteiger partial charge in [0.15, 0.2) is 6.10 Å². The first kappa shape index (κ1) is 17.5. The lowest BCUT2D eigenvalue weighted by Crippen LogP contribution is -2.10. The van der Waals surface area contributed by atoms with Gasteiger partial charge in [0.1, 0.15) is 5.69 Å². The predicted molar refractivity (Wildman–Crippen MR) is 104 cm³/mol. The number of para-hydroxylation sites is 1. The Morgan fingerprint density at radius 3 is 2.63 bits per heavy atom. The molecule has 0 aliphatic rings. The van der Waals surface area contributed by atoms with Gasteiger partial charge in [-0.2, -0.15) is 0 Å². The van der Waals surface area contributed by atoms with E-state index >= 15 is 0 Å². The van der Waals surface area contributed by atoms with Crippen LogP contribution in [0.15, 0.2) is 57.4 Å². The highest BCUT2D eigenvalue weighted by Crippen LogP contribution is 2.30. The van der Waals surface area contributed by atoms with Gasteiger partial charge >= 0.3 is 5.97 Å². The number of H-pyrrole nitrogens is 1. The normalized spacial score (nSPS) is 12.3. The molecule has 0 aliphatic heterocycles. The molecule has 27 heavy (non-hydrogen) atoms. The largest absolute Gasteiger partial charge is 0.448 e. The Morgan fingerprint density at radius 2 is 1.89 bits per heavy atom. The van der Waals surface area contributed by atoms with E-state index in [2.05, 4.69) is 31.1 Å². The highest BCUT2D eigenvalue weighted by atomic mass is 79.9. The number of hydrogen-bond acceptors (Lipinski definition) is 5. The zero-order valence-corrected chi connectivity index (χ0v) is 16.3. The second-order valence-electron chi connectivity index (χ2n) is 6.22. The van der Waals surface area contributed by atoms with Crippen LogP contribution in [0.1, 0.15) is 35.0 Å². The lowest BCUT2D eigenvalue weighted by Gasteiger charge is -2.08. The van der Waals surface area contributed by atoms with Crippen molar-refractivity contribution in [1.82, 2.24) is 15.2 Å². The number of nitrogens with zero attached hydrogens (tertiary/aromatic N) is 2. The maximum absolute atomic E-state index is 12.6. The summed E-state index contributed by atoms with van der Waals surface area (Å²) in [5.41, 5.74) is 3.16. The summed E-state index contributed by atoms with van der Waals surface area (Å²) in [6.45, 7) is 3.70. The molecule has 4 aromatic rings. The van der Waals surface area contributed by atoms with Crippen molar-refractivity contribution >= 4 is 32.8 Å². The van der Waals surface area contributed by atoms with Gasteiger partial charge in [0.25, 0.3) is 5.89 Å². The van der Waals surface area contributed by atoms with Crippen molar-refractivity contribution < 1.29 is 13.9 Å². The van der Waals surface area contributed by atoms with Crippen LogP contribution in [0.25, 0.3) is 22.4 Å². The topological polar surface area (TPSA) is 81.0 Å². The van der Waals surface area contributed by atoms with Crippen LogP contribution in [-0.2, 0) is 4.74 Å². The van der Waals surface area contributed by atoms with E-state index in [4.69, 9.17) is 9.15 Å². The Balaban J connectivity index is 1.53. The molecule has 0 spiro atoms. The number of aromatic amines is 1. The minimum atomic E-state index is -0.678. The second-order valence-corrected chi connectivity index (χ2v) is 7.01. The van der Waals surface area contributed by atoms with E-state index in [1.165, 1.54) is 0 Å². The molecule has 4 rings (SSSR count). The number of fused-ring (bicyclic) bond motifs is 1. The van der Waals surface area contributed by atoms with Crippen molar-refractivity contribution in [3.05, 3.63) is 70.2 Å². The van der Waals surface area contributed by atoms with Crippen LogP contribution in [0.3, 0.4) is 0 Å². The number of hydrogen-bond donors (Lipinski definition) is 1. The van der Waals surface area contributed by atoms with Crippen molar-refractivity contribution in [2.24, 2.45) is 0 Å². The summed E-state index contributed by atoms with van der Waals surface area (Å²) >= 11 is 3.46. The van der Waals surface area contributed by atoms with Gasteiger partial charge in [-0.15, -0.1) is 10.2 Å². The van der Waals surface area contributed by atoms with Crippen molar-refractivity contribution in [2.75, 3.05) is 0 Å². The lowest BCUT2D eigenvalue weighted by molar-refractivity contribution is 0.0273. The summed E-state index contributed by atoms with van der Waals surface area (Å²) in [4.78, 5) is 15.6. The van der Waals surface area contributed by atoms with E-state index < -0.39 is 12.1 Å². The highest BCUT2D eigenvalue weighted by Gasteiger charge is 2.23. The first-order chi connectivity index (χ1) is 13.0. The van der Waals surface area contributed by atoms with E-state index in [1.807, 2.05) is 55.5 Å². The van der Waals surface area contributed by atoms with Crippen LogP contribution in [0.2, 0.25) is 0 Å². The van der Waals surface area contributed by atoms with Gasteiger partial charge in [-0.05, 0) is 48.0 Å². The zero-order chi connectivity index (χ0) is 19.0. The van der Waals surface area contributed by atoms with Crippen molar-refractivity contribution in [1.29, 1.82) is 0 Å². The number of carbonyl (C=O) groups excluding carboxylic acids is 1. The number of rotatable bonds is 4. The smallest absolute Gasteiger partial charge is 0.356 e. The molecule has 0 saturated heterocycles. The van der Waals surface area contributed by atoms with Crippen LogP contribution in [-0.4, -0.2) is 21.2 Å². The molecule has 0 fully saturated rings. The number of benzene rings is 2. The molecular formula is C20H16BrN3O3. The maximum atomic E-state index is 12.6. The first-order valence-electron chi connectivity index (χ1n) is 8.40. The molecule has 0 radical (unpaired) electrons. The minimum absolute atomic E-state index is 0.242. The van der Waals surface area contributed by atoms with Gasteiger partial charge in [0.2, 0.25) is 5.89 Å². The Kier molecular flexibility index (Phi) is 4.53. The monoisotopic (exact) mass is 425 g/mol. The Morgan fingerprint density at radius 1 is 1.15 bits per heavy atom. The summed E-state index contributed by atoms with van der Waals surface area (Å²) in [5.74, 6) is 0.131. The Bertz CT molecular complexity index is 1120. The fraction of sp³-hybridized carbons (Fsp3) is 0.150. The molecule has 1 unspecified atom stereocenters. The van der Waals surface area contributed by atoms with E-state index in [9.17, 15) is 4.79 Å². The van der Waals surface area contributed by atoms with E-state index in [0.29, 0.717) is 16.1 Å². The molecule has 0 aliphatic carbocycles. The quantitative estimate of drug-likeness (QED) is 0.454. The number of halogens is 1. The average Bonchev–Trinajstić information content (AvgIpc) is 3.28. The Labute approximate surface area is 163 Å². The molecule has 2 aromatic carbocycles. The number of aryl methyl sites for hydroxylation is 1. The molecule has 136 valence electrons. The van der Waals surface area contributed by atoms with Gasteiger partial charge in [-0.25, -0.2) is 4.79 Å². The summed E-state index contributed by atoms with van der Waals surface area (Å²) in [6.07, 6.45) is -0.678. The van der Waals surface area contributed by atoms with Gasteiger partial charge < -0.3 is 14.1 Å². The molecular weight excluding hydrogens is 410 g/mol. The molecule has 1 N–H and O–H groups in total. The number of carbonyl (C=O) groups is 1. The fourth-order valence-electron chi connectivity index (χ4n) is 2.73. The third kappa shape index (κ3) is 3.38. The van der Waals surface area contributed by atoms with Gasteiger partial charge in [-0.1, -0.05) is 35.9 Å². The van der Waals surface area contributed by atoms with E-state index in [1.54, 1.807) is 6.92 Å². The maximum Gasteiger partial charge on any atom is 0.356 e. The number of esters is 1. The summed E-state index contributed by atoms with van der Waals surface area (Å²) in [7, 11) is 0. The molecule has 1 atom stereocenters. The van der Waals surface area contributed by atoms with Gasteiger partial charge in [-0.3, -0.25) is 0 Å². The molecule has 0 amide bonds. The molecule has 7 heteroatoms. The number of aromatic nitrogens is 3. The minimum Gasteiger partial charge on any atom is -0.448 e. The number of ether oxygens (including phenoxy) is 1. The summed E-state index contributed by atoms with van der Waals surface area (Å²) in [6, 6.07) is 15.4. The Hall–Kier alpha value is -2.93. The average molecular weight is 426 g/mol. The first-order valence-corrected chi connectivity index (χ1v) is 9.20. The van der Waals surface area contributed by atoms with Crippen molar-refractivity contribution in [3.63, 3.8) is 0 Å². The summed E-state index contributed by atoms with van der Waals surface area (Å²) < 4.78 is 11.8. The van der Waals surface area contributed by atoms with Crippen molar-refractivity contribution in [3.8, 4) is 11.5 Å². The SMILES string of the molecule is Cc1ccc(-c2nnc(C(C)OC(=O)c3[nH]c4ccccc4c3Br)o2)cc1. The van der Waals surface area contributed by atoms with Crippen LogP contribution in [0.4, 0.5) is 0 Å². The number of nitrogens with one attached hydrogen (secondary N) is 1. The second kappa shape index (κ2) is 7.00. The molecule has 6 nitrogen and oxygen atoms in total. The molecule has 2 aromatic heterocycles. The van der Waals surface area contributed by atoms with Crippen LogP contribution in [0, 0.1) is 6.92 Å². The fourth-order valence-corrected chi connectivity index (χ4v) is 3.34. The van der Waals surface area contributed by atoms with Crippen LogP contribution >= 0.6 is 15.9 Å². The standard InChI is InChI=1S/C20H16BrN3O3/c1-11-7-9-13(10-8-11)19-24-23-18(27-19)12(2)26-20(25)17-16(21)14-5-3-4-6-15(14)22-17/h3-10,12,22H,1-2H3. The molecule has 2 heterocycles. The van der Waals surface area contributed by atoms with Gasteiger partial charge in [0, 0.05) is 16.5 Å². The third-order valence-electron chi connectivity index (χ3n) is 4.22. The van der Waals surface area contributed by atoms with Crippen molar-refractivity contribution in [2.45, 2.75) is 20.0 Å².